The van der Waals surface area contributed by atoms with Gasteiger partial charge in [-0.05, 0) is 22.4 Å². The highest BCUT2D eigenvalue weighted by atomic mass is 16.8. The summed E-state index contributed by atoms with van der Waals surface area (Å²) in [6.45, 7) is 1.35. The Labute approximate surface area is 121 Å². The highest BCUT2D eigenvalue weighted by Crippen LogP contribution is 2.30. The minimum absolute atomic E-state index is 0.202. The van der Waals surface area contributed by atoms with E-state index in [4.69, 9.17) is 9.57 Å². The van der Waals surface area contributed by atoms with Gasteiger partial charge >= 0.3 is 0 Å². The molecule has 2 atom stereocenters. The fourth-order valence-corrected chi connectivity index (χ4v) is 2.73. The lowest BCUT2D eigenvalue weighted by Gasteiger charge is -2.22. The molecule has 0 saturated carbocycles. The van der Waals surface area contributed by atoms with Gasteiger partial charge in [0.15, 0.2) is 5.82 Å². The first-order valence-corrected chi connectivity index (χ1v) is 7.05. The molecule has 2 unspecified atom stereocenters. The number of nitrogens with zero attached hydrogens (tertiary/aromatic N) is 5. The van der Waals surface area contributed by atoms with Crippen molar-refractivity contribution in [1.82, 2.24) is 20.2 Å². The molecule has 1 fully saturated rings. The lowest BCUT2D eigenvalue weighted by Crippen LogP contribution is -2.28. The Kier molecular flexibility index (Phi) is 3.11. The summed E-state index contributed by atoms with van der Waals surface area (Å²) < 4.78 is 7.22. The molecule has 4 rings (SSSR count). The van der Waals surface area contributed by atoms with Crippen LogP contribution in [0, 0.1) is 5.92 Å². The summed E-state index contributed by atoms with van der Waals surface area (Å²) in [5.74, 6) is 1.02. The van der Waals surface area contributed by atoms with Gasteiger partial charge in [-0.2, -0.15) is 0 Å². The smallest absolute Gasteiger partial charge is 0.230 e. The Bertz CT molecular complexity index is 654. The molecule has 0 radical (unpaired) electrons. The average molecular weight is 285 g/mol. The molecule has 2 aromatic rings. The van der Waals surface area contributed by atoms with Gasteiger partial charge in [0.2, 0.25) is 6.29 Å². The fraction of sp³-hybridized carbons (Fsp3) is 0.429. The van der Waals surface area contributed by atoms with Gasteiger partial charge in [-0.3, -0.25) is 0 Å². The topological polar surface area (TPSA) is 74.4 Å². The second-order valence-corrected chi connectivity index (χ2v) is 5.28. The van der Waals surface area contributed by atoms with E-state index in [-0.39, 0.29) is 6.29 Å². The van der Waals surface area contributed by atoms with Crippen LogP contribution in [-0.4, -0.2) is 38.8 Å². The molecule has 21 heavy (non-hydrogen) atoms. The first-order valence-electron chi connectivity index (χ1n) is 7.05. The Balaban J connectivity index is 1.58. The number of hydrogen-bond donors (Lipinski definition) is 0. The molecule has 0 spiro atoms. The van der Waals surface area contributed by atoms with E-state index in [0.717, 1.165) is 30.7 Å². The number of fused-ring (bicyclic) bond motifs is 1. The maximum absolute atomic E-state index is 5.46. The Morgan fingerprint density at radius 2 is 2.14 bits per heavy atom. The maximum atomic E-state index is 5.46. The number of hydrogen-bond acceptors (Lipinski definition) is 6. The zero-order valence-corrected chi connectivity index (χ0v) is 11.4. The van der Waals surface area contributed by atoms with Crippen molar-refractivity contribution >= 4 is 5.71 Å². The zero-order valence-electron chi connectivity index (χ0n) is 11.4. The predicted octanol–water partition coefficient (Wildman–Crippen LogP) is 1.21. The normalized spacial score (nSPS) is 24.3. The summed E-state index contributed by atoms with van der Waals surface area (Å²) in [5, 5.41) is 16.1. The third-order valence-electron chi connectivity index (χ3n) is 3.84. The van der Waals surface area contributed by atoms with Crippen LogP contribution < -0.4 is 0 Å². The highest BCUT2D eigenvalue weighted by molar-refractivity contribution is 5.97. The van der Waals surface area contributed by atoms with Crippen LogP contribution in [0.2, 0.25) is 0 Å². The fourth-order valence-electron chi connectivity index (χ4n) is 2.73. The van der Waals surface area contributed by atoms with Gasteiger partial charge in [0, 0.05) is 12.3 Å². The standard InChI is InChI=1S/C14H15N5O2/c1-2-4-10(5-3-1)9-19-13(15-17-18-19)12-8-11-6-7-20-14(11)21-16-12/h1-5,11,14H,6-9H2. The van der Waals surface area contributed by atoms with Crippen LogP contribution in [0.25, 0.3) is 0 Å². The summed E-state index contributed by atoms with van der Waals surface area (Å²) >= 11 is 0. The number of ether oxygens (including phenoxy) is 1. The van der Waals surface area contributed by atoms with Gasteiger partial charge in [-0.25, -0.2) is 4.68 Å². The largest absolute Gasteiger partial charge is 0.363 e. The number of rotatable bonds is 3. The van der Waals surface area contributed by atoms with E-state index in [1.54, 1.807) is 4.68 Å². The van der Waals surface area contributed by atoms with Crippen LogP contribution in [0.15, 0.2) is 35.5 Å². The van der Waals surface area contributed by atoms with Crippen molar-refractivity contribution in [2.24, 2.45) is 11.1 Å². The lowest BCUT2D eigenvalue weighted by molar-refractivity contribution is -0.136. The summed E-state index contributed by atoms with van der Waals surface area (Å²) in [6.07, 6.45) is 1.58. The van der Waals surface area contributed by atoms with Gasteiger partial charge in [-0.1, -0.05) is 35.5 Å². The molecule has 2 aliphatic heterocycles. The van der Waals surface area contributed by atoms with Gasteiger partial charge in [-0.15, -0.1) is 5.10 Å². The van der Waals surface area contributed by atoms with Crippen molar-refractivity contribution in [1.29, 1.82) is 0 Å². The monoisotopic (exact) mass is 285 g/mol. The van der Waals surface area contributed by atoms with Crippen molar-refractivity contribution in [2.75, 3.05) is 6.61 Å². The molecule has 1 aromatic carbocycles. The second kappa shape index (κ2) is 5.25. The summed E-state index contributed by atoms with van der Waals surface area (Å²) in [4.78, 5) is 5.40. The minimum Gasteiger partial charge on any atom is -0.363 e. The van der Waals surface area contributed by atoms with E-state index in [9.17, 15) is 0 Å². The zero-order chi connectivity index (χ0) is 14.1. The van der Waals surface area contributed by atoms with E-state index >= 15 is 0 Å². The van der Waals surface area contributed by atoms with Crippen LogP contribution in [0.1, 0.15) is 24.2 Å². The summed E-state index contributed by atoms with van der Waals surface area (Å²) in [5.41, 5.74) is 1.94. The van der Waals surface area contributed by atoms with E-state index in [2.05, 4.69) is 20.7 Å². The van der Waals surface area contributed by atoms with Crippen LogP contribution in [-0.2, 0) is 16.1 Å². The van der Waals surface area contributed by atoms with E-state index in [0.29, 0.717) is 18.3 Å². The van der Waals surface area contributed by atoms with E-state index < -0.39 is 0 Å². The summed E-state index contributed by atoms with van der Waals surface area (Å²) in [6, 6.07) is 10.1. The number of benzene rings is 1. The van der Waals surface area contributed by atoms with E-state index in [1.807, 2.05) is 30.3 Å². The Morgan fingerprint density at radius 1 is 1.24 bits per heavy atom. The number of tetrazole rings is 1. The molecule has 0 N–H and O–H groups in total. The van der Waals surface area contributed by atoms with Crippen molar-refractivity contribution in [3.05, 3.63) is 41.7 Å². The van der Waals surface area contributed by atoms with Crippen LogP contribution in [0.4, 0.5) is 0 Å². The Morgan fingerprint density at radius 3 is 3.05 bits per heavy atom. The second-order valence-electron chi connectivity index (χ2n) is 5.28. The highest BCUT2D eigenvalue weighted by Gasteiger charge is 2.36. The lowest BCUT2D eigenvalue weighted by atomic mass is 9.99. The number of oxime groups is 1. The Hall–Kier alpha value is -2.28. The third-order valence-corrected chi connectivity index (χ3v) is 3.84. The third kappa shape index (κ3) is 2.40. The molecule has 0 bridgehead atoms. The molecule has 0 aliphatic carbocycles. The summed E-state index contributed by atoms with van der Waals surface area (Å²) in [7, 11) is 0. The van der Waals surface area contributed by atoms with Gasteiger partial charge in [0.05, 0.1) is 13.2 Å². The minimum atomic E-state index is -0.202. The van der Waals surface area contributed by atoms with Crippen LogP contribution >= 0.6 is 0 Å². The molecule has 1 aromatic heterocycles. The SMILES string of the molecule is c1ccc(Cn2nnnc2C2=NOC3OCCC3C2)cc1. The maximum Gasteiger partial charge on any atom is 0.230 e. The van der Waals surface area contributed by atoms with E-state index in [1.165, 1.54) is 0 Å². The molecule has 2 aliphatic rings. The molecule has 1 saturated heterocycles. The first kappa shape index (κ1) is 12.5. The van der Waals surface area contributed by atoms with Gasteiger partial charge in [0.1, 0.15) is 5.71 Å². The molecular formula is C14H15N5O2. The molecule has 0 amide bonds. The molecule has 3 heterocycles. The van der Waals surface area contributed by atoms with Crippen LogP contribution in [0.3, 0.4) is 0 Å². The van der Waals surface area contributed by atoms with Crippen molar-refractivity contribution in [2.45, 2.75) is 25.7 Å². The van der Waals surface area contributed by atoms with Crippen molar-refractivity contribution in [3.8, 4) is 0 Å². The molecular weight excluding hydrogens is 270 g/mol. The van der Waals surface area contributed by atoms with Gasteiger partial charge in [0.25, 0.3) is 0 Å². The van der Waals surface area contributed by atoms with Gasteiger partial charge < -0.3 is 9.57 Å². The average Bonchev–Trinajstić information content (AvgIpc) is 3.16. The predicted molar refractivity (Wildman–Crippen MR) is 73.4 cm³/mol. The quantitative estimate of drug-likeness (QED) is 0.847. The molecule has 108 valence electrons. The molecule has 7 heteroatoms. The van der Waals surface area contributed by atoms with Crippen molar-refractivity contribution < 1.29 is 9.57 Å². The van der Waals surface area contributed by atoms with Crippen LogP contribution in [0.5, 0.6) is 0 Å². The van der Waals surface area contributed by atoms with Crippen molar-refractivity contribution in [3.63, 3.8) is 0 Å². The molecule has 7 nitrogen and oxygen atoms in total. The number of aromatic nitrogens is 4. The first-order chi connectivity index (χ1) is 10.4.